The summed E-state index contributed by atoms with van der Waals surface area (Å²) in [7, 11) is 1.93. The van der Waals surface area contributed by atoms with E-state index in [0.29, 0.717) is 12.8 Å². The van der Waals surface area contributed by atoms with Gasteiger partial charge in [-0.3, -0.25) is 4.79 Å². The van der Waals surface area contributed by atoms with Crippen LogP contribution in [-0.4, -0.2) is 25.2 Å². The van der Waals surface area contributed by atoms with Gasteiger partial charge in [-0.25, -0.2) is 9.67 Å². The second-order valence-electron chi connectivity index (χ2n) is 6.94. The summed E-state index contributed by atoms with van der Waals surface area (Å²) >= 11 is 0. The van der Waals surface area contributed by atoms with Crippen molar-refractivity contribution in [3.8, 4) is 5.69 Å². The zero-order chi connectivity index (χ0) is 20.1. The Balaban J connectivity index is 1.43. The van der Waals surface area contributed by atoms with Crippen molar-refractivity contribution >= 4 is 5.91 Å². The minimum atomic E-state index is -0.282. The number of carbonyl (C=O) groups is 1. The molecule has 0 aliphatic rings. The topological polar surface area (TPSA) is 64.7 Å². The van der Waals surface area contributed by atoms with E-state index in [4.69, 9.17) is 0 Å². The number of nitrogens with one attached hydrogen (secondary N) is 1. The Morgan fingerprint density at radius 1 is 1.07 bits per heavy atom. The third-order valence-corrected chi connectivity index (χ3v) is 4.85. The van der Waals surface area contributed by atoms with Crippen molar-refractivity contribution in [2.24, 2.45) is 7.05 Å². The average molecular weight is 385 g/mol. The number of aryl methyl sites for hydroxylation is 2. The Bertz CT molecular complexity index is 1070. The number of benzene rings is 2. The highest BCUT2D eigenvalue weighted by Gasteiger charge is 2.20. The van der Waals surface area contributed by atoms with E-state index in [1.807, 2.05) is 95.6 Å². The van der Waals surface area contributed by atoms with Crippen LogP contribution in [-0.2, 0) is 18.3 Å². The third-order valence-electron chi connectivity index (χ3n) is 4.85. The number of para-hydroxylation sites is 1. The molecule has 6 heteroatoms. The number of carbonyl (C=O) groups excluding carboxylic acids is 1. The Hall–Kier alpha value is -3.67. The van der Waals surface area contributed by atoms with Crippen molar-refractivity contribution in [2.75, 3.05) is 0 Å². The van der Waals surface area contributed by atoms with Crippen LogP contribution in [0.5, 0.6) is 0 Å². The first-order valence-corrected chi connectivity index (χ1v) is 9.61. The van der Waals surface area contributed by atoms with Crippen LogP contribution in [0.3, 0.4) is 0 Å². The lowest BCUT2D eigenvalue weighted by Crippen LogP contribution is -2.31. The maximum absolute atomic E-state index is 12.7. The number of amides is 1. The molecule has 2 aromatic carbocycles. The fourth-order valence-corrected chi connectivity index (χ4v) is 3.30. The van der Waals surface area contributed by atoms with Crippen LogP contribution < -0.4 is 5.32 Å². The molecule has 0 saturated heterocycles. The molecule has 0 aliphatic carbocycles. The van der Waals surface area contributed by atoms with Crippen LogP contribution in [0.2, 0.25) is 0 Å². The average Bonchev–Trinajstić information content (AvgIpc) is 3.41. The van der Waals surface area contributed by atoms with Gasteiger partial charge in [-0.15, -0.1) is 0 Å². The van der Waals surface area contributed by atoms with Crippen molar-refractivity contribution < 1.29 is 4.79 Å². The van der Waals surface area contributed by atoms with E-state index < -0.39 is 0 Å². The second kappa shape index (κ2) is 8.56. The molecule has 1 N–H and O–H groups in total. The van der Waals surface area contributed by atoms with Crippen molar-refractivity contribution in [1.82, 2.24) is 24.6 Å². The maximum atomic E-state index is 12.7. The molecule has 2 aromatic heterocycles. The van der Waals surface area contributed by atoms with Gasteiger partial charge in [0, 0.05) is 32.1 Å². The summed E-state index contributed by atoms with van der Waals surface area (Å²) < 4.78 is 3.76. The highest BCUT2D eigenvalue weighted by Crippen LogP contribution is 2.20. The lowest BCUT2D eigenvalue weighted by atomic mass is 10.1. The lowest BCUT2D eigenvalue weighted by molar-refractivity contribution is -0.121. The molecule has 2 heterocycles. The highest BCUT2D eigenvalue weighted by molar-refractivity contribution is 5.77. The molecule has 6 nitrogen and oxygen atoms in total. The monoisotopic (exact) mass is 385 g/mol. The molecule has 0 unspecified atom stereocenters. The van der Waals surface area contributed by atoms with Crippen LogP contribution in [0.25, 0.3) is 5.69 Å². The van der Waals surface area contributed by atoms with E-state index >= 15 is 0 Å². The molecule has 0 aliphatic heterocycles. The Morgan fingerprint density at radius 2 is 1.79 bits per heavy atom. The quantitative estimate of drug-likeness (QED) is 0.530. The van der Waals surface area contributed by atoms with Gasteiger partial charge in [0.1, 0.15) is 11.9 Å². The first-order valence-electron chi connectivity index (χ1n) is 9.61. The van der Waals surface area contributed by atoms with E-state index in [0.717, 1.165) is 22.6 Å². The van der Waals surface area contributed by atoms with Crippen molar-refractivity contribution in [1.29, 1.82) is 0 Å². The SMILES string of the molecule is Cn1ccnc1[C@H](NC(=O)CCc1cnn(-c2ccccc2)c1)c1ccccc1. The van der Waals surface area contributed by atoms with E-state index in [-0.39, 0.29) is 11.9 Å². The number of nitrogens with zero attached hydrogens (tertiary/aromatic N) is 4. The molecule has 0 saturated carbocycles. The minimum absolute atomic E-state index is 0.0192. The molecule has 0 spiro atoms. The fourth-order valence-electron chi connectivity index (χ4n) is 3.30. The first-order chi connectivity index (χ1) is 14.2. The highest BCUT2D eigenvalue weighted by atomic mass is 16.1. The maximum Gasteiger partial charge on any atom is 0.221 e. The molecule has 0 radical (unpaired) electrons. The molecule has 1 amide bonds. The van der Waals surface area contributed by atoms with Gasteiger partial charge in [0.2, 0.25) is 5.91 Å². The molecule has 4 rings (SSSR count). The summed E-state index contributed by atoms with van der Waals surface area (Å²) in [4.78, 5) is 17.1. The Morgan fingerprint density at radius 3 is 2.48 bits per heavy atom. The summed E-state index contributed by atoms with van der Waals surface area (Å²) in [6.07, 6.45) is 8.42. The number of imidazole rings is 1. The number of hydrogen-bond donors (Lipinski definition) is 1. The van der Waals surface area contributed by atoms with Gasteiger partial charge in [0.15, 0.2) is 0 Å². The summed E-state index contributed by atoms with van der Waals surface area (Å²) in [5.74, 6) is 0.788. The van der Waals surface area contributed by atoms with Crippen LogP contribution >= 0.6 is 0 Å². The van der Waals surface area contributed by atoms with Gasteiger partial charge < -0.3 is 9.88 Å². The van der Waals surface area contributed by atoms with Crippen molar-refractivity contribution in [3.63, 3.8) is 0 Å². The smallest absolute Gasteiger partial charge is 0.221 e. The van der Waals surface area contributed by atoms with Gasteiger partial charge in [-0.2, -0.15) is 5.10 Å². The van der Waals surface area contributed by atoms with Crippen LogP contribution in [0, 0.1) is 0 Å². The largest absolute Gasteiger partial charge is 0.342 e. The van der Waals surface area contributed by atoms with Gasteiger partial charge >= 0.3 is 0 Å². The van der Waals surface area contributed by atoms with Crippen LogP contribution in [0.1, 0.15) is 29.4 Å². The molecular weight excluding hydrogens is 362 g/mol. The zero-order valence-corrected chi connectivity index (χ0v) is 16.3. The van der Waals surface area contributed by atoms with Gasteiger partial charge in [-0.05, 0) is 29.7 Å². The van der Waals surface area contributed by atoms with Crippen LogP contribution in [0.4, 0.5) is 0 Å². The molecule has 4 aromatic rings. The Labute approximate surface area is 169 Å². The molecule has 1 atom stereocenters. The first kappa shape index (κ1) is 18.7. The van der Waals surface area contributed by atoms with E-state index in [1.54, 1.807) is 6.20 Å². The van der Waals surface area contributed by atoms with Gasteiger partial charge in [0.05, 0.1) is 11.9 Å². The van der Waals surface area contributed by atoms with Gasteiger partial charge in [-0.1, -0.05) is 48.5 Å². The second-order valence-corrected chi connectivity index (χ2v) is 6.94. The Kier molecular flexibility index (Phi) is 5.52. The summed E-state index contributed by atoms with van der Waals surface area (Å²) in [5.41, 5.74) is 3.03. The van der Waals surface area contributed by atoms with Crippen LogP contribution in [0.15, 0.2) is 85.5 Å². The lowest BCUT2D eigenvalue weighted by Gasteiger charge is -2.19. The van der Waals surface area contributed by atoms with E-state index in [2.05, 4.69) is 15.4 Å². The number of hydrogen-bond acceptors (Lipinski definition) is 3. The summed E-state index contributed by atoms with van der Waals surface area (Å²) in [6, 6.07) is 19.6. The molecule has 0 fully saturated rings. The number of aromatic nitrogens is 4. The van der Waals surface area contributed by atoms with E-state index in [1.165, 1.54) is 0 Å². The summed E-state index contributed by atoms with van der Waals surface area (Å²) in [6.45, 7) is 0. The number of rotatable bonds is 7. The van der Waals surface area contributed by atoms with Gasteiger partial charge in [0.25, 0.3) is 0 Å². The molecule has 146 valence electrons. The molecule has 0 bridgehead atoms. The normalized spacial score (nSPS) is 11.9. The summed E-state index contributed by atoms with van der Waals surface area (Å²) in [5, 5.41) is 7.53. The molecule has 29 heavy (non-hydrogen) atoms. The fraction of sp³-hybridized carbons (Fsp3) is 0.174. The van der Waals surface area contributed by atoms with Crippen molar-refractivity contribution in [3.05, 3.63) is 102 Å². The third kappa shape index (κ3) is 4.43. The van der Waals surface area contributed by atoms with Crippen molar-refractivity contribution in [2.45, 2.75) is 18.9 Å². The zero-order valence-electron chi connectivity index (χ0n) is 16.3. The predicted molar refractivity (Wildman–Crippen MR) is 112 cm³/mol. The predicted octanol–water partition coefficient (Wildman–Crippen LogP) is 3.44. The standard InChI is InChI=1S/C23H23N5O/c1-27-15-14-24-23(27)22(19-8-4-2-5-9-19)26-21(29)13-12-18-16-25-28(17-18)20-10-6-3-7-11-20/h2-11,14-17,22H,12-13H2,1H3,(H,26,29)/t22-/m1/s1. The van der Waals surface area contributed by atoms with E-state index in [9.17, 15) is 4.79 Å². The minimum Gasteiger partial charge on any atom is -0.342 e. The molecular formula is C23H23N5O.